The van der Waals surface area contributed by atoms with Crippen LogP contribution in [0.4, 0.5) is 0 Å². The lowest BCUT2D eigenvalue weighted by molar-refractivity contribution is -0.144. The van der Waals surface area contributed by atoms with Gasteiger partial charge in [0.1, 0.15) is 11.4 Å². The summed E-state index contributed by atoms with van der Waals surface area (Å²) in [6.45, 7) is 9.09. The van der Waals surface area contributed by atoms with E-state index < -0.39 is 16.9 Å². The molecule has 0 unspecified atom stereocenters. The van der Waals surface area contributed by atoms with E-state index in [1.165, 1.54) is 0 Å². The molecule has 0 aliphatic heterocycles. The molecule has 3 aliphatic carbocycles. The van der Waals surface area contributed by atoms with Crippen molar-refractivity contribution >= 4 is 11.6 Å². The molecule has 3 rings (SSSR count). The smallest absolute Gasteiger partial charge is 0.210 e. The average molecular weight is 322 g/mol. The van der Waals surface area contributed by atoms with E-state index in [2.05, 4.69) is 0 Å². The molecule has 4 atom stereocenters. The number of ketones is 2. The second kappa shape index (κ2) is 5.07. The van der Waals surface area contributed by atoms with Gasteiger partial charge in [-0.05, 0) is 53.4 Å². The number of Topliss-reactive ketones (excluding diaryl/α,β-unsaturated/α-hetero) is 2. The highest BCUT2D eigenvalue weighted by Crippen LogP contribution is 2.65. The van der Waals surface area contributed by atoms with Crippen LogP contribution in [0.25, 0.3) is 0 Å². The zero-order valence-corrected chi connectivity index (χ0v) is 14.5. The molecular formula is C18H26O5. The highest BCUT2D eigenvalue weighted by Gasteiger charge is 2.75. The second-order valence-electron chi connectivity index (χ2n) is 7.87. The predicted octanol–water partition coefficient (Wildman–Crippen LogP) is 2.37. The highest BCUT2D eigenvalue weighted by molar-refractivity contribution is 6.05. The Bertz CT molecular complexity index is 590. The number of hydrogen-bond acceptors (Lipinski definition) is 5. The zero-order chi connectivity index (χ0) is 17.2. The molecule has 0 aromatic carbocycles. The van der Waals surface area contributed by atoms with Crippen LogP contribution in [-0.4, -0.2) is 34.5 Å². The van der Waals surface area contributed by atoms with E-state index in [4.69, 9.17) is 9.47 Å². The summed E-state index contributed by atoms with van der Waals surface area (Å²) in [5.41, 5.74) is -2.61. The lowest BCUT2D eigenvalue weighted by atomic mass is 9.73. The van der Waals surface area contributed by atoms with Gasteiger partial charge in [0.15, 0.2) is 5.76 Å². The molecule has 0 spiro atoms. The molecular weight excluding hydrogens is 296 g/mol. The Labute approximate surface area is 137 Å². The van der Waals surface area contributed by atoms with Crippen LogP contribution in [0.3, 0.4) is 0 Å². The molecule has 0 radical (unpaired) electrons. The van der Waals surface area contributed by atoms with Crippen molar-refractivity contribution in [1.82, 2.24) is 0 Å². The van der Waals surface area contributed by atoms with Crippen LogP contribution >= 0.6 is 0 Å². The summed E-state index contributed by atoms with van der Waals surface area (Å²) in [7, 11) is 0. The number of aliphatic hydroxyl groups is 1. The Morgan fingerprint density at radius 2 is 1.74 bits per heavy atom. The van der Waals surface area contributed by atoms with Crippen molar-refractivity contribution in [2.24, 2.45) is 17.3 Å². The third-order valence-corrected chi connectivity index (χ3v) is 5.51. The van der Waals surface area contributed by atoms with Gasteiger partial charge < -0.3 is 14.6 Å². The van der Waals surface area contributed by atoms with Crippen molar-refractivity contribution < 1.29 is 24.2 Å². The lowest BCUT2D eigenvalue weighted by Crippen LogP contribution is -2.50. The monoisotopic (exact) mass is 322 g/mol. The highest BCUT2D eigenvalue weighted by atomic mass is 16.5. The first-order valence-corrected chi connectivity index (χ1v) is 8.51. The summed E-state index contributed by atoms with van der Waals surface area (Å²) in [6.07, 6.45) is 1.29. The minimum Gasteiger partial charge on any atom is -0.488 e. The number of carbonyl (C=O) groups excluding carboxylic acids is 2. The van der Waals surface area contributed by atoms with Crippen LogP contribution < -0.4 is 0 Å². The molecule has 0 amide bonds. The molecule has 5 heteroatoms. The Hall–Kier alpha value is -1.36. The summed E-state index contributed by atoms with van der Waals surface area (Å²) in [6, 6.07) is 0. The molecule has 0 heterocycles. The Balaban J connectivity index is 2.16. The van der Waals surface area contributed by atoms with Crippen LogP contribution in [0.5, 0.6) is 0 Å². The van der Waals surface area contributed by atoms with Crippen LogP contribution in [0.15, 0.2) is 11.5 Å². The Morgan fingerprint density at radius 3 is 2.30 bits per heavy atom. The van der Waals surface area contributed by atoms with Crippen molar-refractivity contribution in [2.75, 3.05) is 0 Å². The normalized spacial score (nSPS) is 39.5. The maximum absolute atomic E-state index is 13.0. The SMILES string of the molecule is CC(C)OC1=C(OC(C)C)[C@@]2(O)[C@@H]3C(=O)CC[C@@H]3C[C@@]2(C)C1=O. The zero-order valence-electron chi connectivity index (χ0n) is 14.5. The quantitative estimate of drug-likeness (QED) is 0.860. The van der Waals surface area contributed by atoms with Gasteiger partial charge in [0.05, 0.1) is 23.5 Å². The van der Waals surface area contributed by atoms with E-state index in [-0.39, 0.29) is 41.2 Å². The van der Waals surface area contributed by atoms with Gasteiger partial charge in [-0.15, -0.1) is 0 Å². The number of rotatable bonds is 4. The number of ether oxygens (including phenoxy) is 2. The van der Waals surface area contributed by atoms with Gasteiger partial charge in [-0.3, -0.25) is 9.59 Å². The topological polar surface area (TPSA) is 72.8 Å². The van der Waals surface area contributed by atoms with E-state index in [0.29, 0.717) is 12.8 Å². The lowest BCUT2D eigenvalue weighted by Gasteiger charge is -2.36. The van der Waals surface area contributed by atoms with Crippen molar-refractivity contribution in [3.05, 3.63) is 11.5 Å². The van der Waals surface area contributed by atoms with Gasteiger partial charge >= 0.3 is 0 Å². The van der Waals surface area contributed by atoms with E-state index in [9.17, 15) is 14.7 Å². The maximum Gasteiger partial charge on any atom is 0.210 e. The fraction of sp³-hybridized carbons (Fsp3) is 0.778. The number of fused-ring (bicyclic) bond motifs is 3. The molecule has 3 aliphatic rings. The van der Waals surface area contributed by atoms with Gasteiger partial charge in [-0.1, -0.05) is 0 Å². The molecule has 2 fully saturated rings. The maximum atomic E-state index is 13.0. The predicted molar refractivity (Wildman–Crippen MR) is 83.4 cm³/mol. The largest absolute Gasteiger partial charge is 0.488 e. The molecule has 1 N–H and O–H groups in total. The molecule has 0 aromatic rings. The van der Waals surface area contributed by atoms with Crippen molar-refractivity contribution in [1.29, 1.82) is 0 Å². The first-order chi connectivity index (χ1) is 10.6. The Morgan fingerprint density at radius 1 is 1.13 bits per heavy atom. The van der Waals surface area contributed by atoms with Gasteiger partial charge in [0.2, 0.25) is 11.5 Å². The van der Waals surface area contributed by atoms with E-state index in [1.807, 2.05) is 27.7 Å². The minimum absolute atomic E-state index is 0.0321. The fourth-order valence-electron chi connectivity index (χ4n) is 4.64. The molecule has 23 heavy (non-hydrogen) atoms. The van der Waals surface area contributed by atoms with Gasteiger partial charge in [0.25, 0.3) is 0 Å². The molecule has 0 bridgehead atoms. The van der Waals surface area contributed by atoms with Crippen LogP contribution in [0.1, 0.15) is 53.9 Å². The van der Waals surface area contributed by atoms with Crippen molar-refractivity contribution in [3.8, 4) is 0 Å². The summed E-state index contributed by atoms with van der Waals surface area (Å²) in [4.78, 5) is 25.5. The second-order valence-corrected chi connectivity index (χ2v) is 7.87. The molecule has 5 nitrogen and oxygen atoms in total. The third kappa shape index (κ3) is 2.02. The Kier molecular flexibility index (Phi) is 3.63. The molecule has 2 saturated carbocycles. The van der Waals surface area contributed by atoms with Gasteiger partial charge in [-0.2, -0.15) is 0 Å². The molecule has 0 aromatic heterocycles. The van der Waals surface area contributed by atoms with Crippen LogP contribution in [0, 0.1) is 17.3 Å². The standard InChI is InChI=1S/C18H26O5/c1-9(2)22-14-15(20)17(5)8-11-6-7-12(19)13(11)18(17,21)16(14)23-10(3)4/h9-11,13,21H,6-8H2,1-5H3/t11-,13+,17+,18+/m1/s1. The fourth-order valence-corrected chi connectivity index (χ4v) is 4.64. The first-order valence-electron chi connectivity index (χ1n) is 8.51. The number of hydrogen-bond donors (Lipinski definition) is 1. The van der Waals surface area contributed by atoms with Crippen molar-refractivity contribution in [3.63, 3.8) is 0 Å². The molecule has 0 saturated heterocycles. The summed E-state index contributed by atoms with van der Waals surface area (Å²) < 4.78 is 11.6. The summed E-state index contributed by atoms with van der Waals surface area (Å²) >= 11 is 0. The summed E-state index contributed by atoms with van der Waals surface area (Å²) in [5.74, 6) is -0.421. The van der Waals surface area contributed by atoms with Crippen LogP contribution in [0.2, 0.25) is 0 Å². The van der Waals surface area contributed by atoms with E-state index >= 15 is 0 Å². The van der Waals surface area contributed by atoms with E-state index in [1.54, 1.807) is 6.92 Å². The van der Waals surface area contributed by atoms with Crippen LogP contribution in [-0.2, 0) is 19.1 Å². The summed E-state index contributed by atoms with van der Waals surface area (Å²) in [5, 5.41) is 11.6. The van der Waals surface area contributed by atoms with Crippen molar-refractivity contribution in [2.45, 2.75) is 71.7 Å². The average Bonchev–Trinajstić information content (AvgIpc) is 2.95. The molecule has 128 valence electrons. The first kappa shape index (κ1) is 16.5. The number of carbonyl (C=O) groups is 2. The number of allylic oxidation sites excluding steroid dienone is 1. The third-order valence-electron chi connectivity index (χ3n) is 5.51. The van der Waals surface area contributed by atoms with Gasteiger partial charge in [-0.25, -0.2) is 0 Å². The van der Waals surface area contributed by atoms with E-state index in [0.717, 1.165) is 6.42 Å². The minimum atomic E-state index is -1.57. The van der Waals surface area contributed by atoms with Gasteiger partial charge in [0, 0.05) is 6.42 Å².